The predicted molar refractivity (Wildman–Crippen MR) is 75.6 cm³/mol. The van der Waals surface area contributed by atoms with Gasteiger partial charge in [-0.15, -0.1) is 11.3 Å². The molecule has 0 aromatic carbocycles. The fourth-order valence-electron chi connectivity index (χ4n) is 1.97. The van der Waals surface area contributed by atoms with Gasteiger partial charge >= 0.3 is 0 Å². The molecule has 0 aliphatic heterocycles. The first-order chi connectivity index (χ1) is 8.83. The van der Waals surface area contributed by atoms with Crippen molar-refractivity contribution in [1.29, 1.82) is 0 Å². The van der Waals surface area contributed by atoms with Gasteiger partial charge in [0.05, 0.1) is 12.8 Å². The number of nitrogens with one attached hydrogen (secondary N) is 1. The Hall–Kier alpha value is -1.10. The van der Waals surface area contributed by atoms with E-state index in [2.05, 4.69) is 40.7 Å². The Labute approximate surface area is 112 Å². The molecule has 18 heavy (non-hydrogen) atoms. The van der Waals surface area contributed by atoms with Crippen LogP contribution >= 0.6 is 11.3 Å². The van der Waals surface area contributed by atoms with E-state index in [0.717, 1.165) is 31.9 Å². The maximum Gasteiger partial charge on any atom is 0.122 e. The summed E-state index contributed by atoms with van der Waals surface area (Å²) in [6.07, 6.45) is 1.78. The SMILES string of the molecule is CCN(Cc1cccs1)Cc1ccoc1CNC. The van der Waals surface area contributed by atoms with E-state index in [0.29, 0.717) is 0 Å². The van der Waals surface area contributed by atoms with Gasteiger partial charge in [-0.05, 0) is 31.1 Å². The van der Waals surface area contributed by atoms with Gasteiger partial charge in [0.15, 0.2) is 0 Å². The normalized spacial score (nSPS) is 11.3. The summed E-state index contributed by atoms with van der Waals surface area (Å²) < 4.78 is 5.50. The molecule has 0 radical (unpaired) electrons. The lowest BCUT2D eigenvalue weighted by Gasteiger charge is -2.19. The van der Waals surface area contributed by atoms with Crippen LogP contribution in [0.25, 0.3) is 0 Å². The fourth-order valence-corrected chi connectivity index (χ4v) is 2.71. The Morgan fingerprint density at radius 3 is 2.89 bits per heavy atom. The van der Waals surface area contributed by atoms with Gasteiger partial charge in [0.25, 0.3) is 0 Å². The van der Waals surface area contributed by atoms with Crippen molar-refractivity contribution in [2.75, 3.05) is 13.6 Å². The Kier molecular flexibility index (Phi) is 4.99. The van der Waals surface area contributed by atoms with Crippen LogP contribution in [0.15, 0.2) is 34.3 Å². The first-order valence-electron chi connectivity index (χ1n) is 6.28. The Morgan fingerprint density at radius 2 is 2.22 bits per heavy atom. The maximum absolute atomic E-state index is 5.50. The van der Waals surface area contributed by atoms with Crippen LogP contribution in [0.2, 0.25) is 0 Å². The van der Waals surface area contributed by atoms with Crippen LogP contribution in [0.5, 0.6) is 0 Å². The minimum Gasteiger partial charge on any atom is -0.468 e. The summed E-state index contributed by atoms with van der Waals surface area (Å²) in [4.78, 5) is 3.84. The van der Waals surface area contributed by atoms with Gasteiger partial charge in [0.2, 0.25) is 0 Å². The van der Waals surface area contributed by atoms with E-state index >= 15 is 0 Å². The molecule has 0 fully saturated rings. The van der Waals surface area contributed by atoms with Gasteiger partial charge in [-0.1, -0.05) is 13.0 Å². The molecule has 0 amide bonds. The van der Waals surface area contributed by atoms with Crippen LogP contribution in [0, 0.1) is 0 Å². The monoisotopic (exact) mass is 264 g/mol. The number of hydrogen-bond donors (Lipinski definition) is 1. The van der Waals surface area contributed by atoms with Gasteiger partial charge < -0.3 is 9.73 Å². The highest BCUT2D eigenvalue weighted by atomic mass is 32.1. The molecule has 2 aromatic rings. The van der Waals surface area contributed by atoms with Crippen molar-refractivity contribution >= 4 is 11.3 Å². The largest absolute Gasteiger partial charge is 0.468 e. The van der Waals surface area contributed by atoms with Crippen molar-refractivity contribution in [2.24, 2.45) is 0 Å². The predicted octanol–water partition coefficient (Wildman–Crippen LogP) is 3.08. The molecule has 0 spiro atoms. The van der Waals surface area contributed by atoms with Gasteiger partial charge in [0.1, 0.15) is 5.76 Å². The minimum absolute atomic E-state index is 0.791. The summed E-state index contributed by atoms with van der Waals surface area (Å²) in [6, 6.07) is 6.37. The molecule has 4 heteroatoms. The highest BCUT2D eigenvalue weighted by Gasteiger charge is 2.10. The molecule has 2 heterocycles. The van der Waals surface area contributed by atoms with E-state index < -0.39 is 0 Å². The average molecular weight is 264 g/mol. The average Bonchev–Trinajstić information content (AvgIpc) is 3.01. The number of rotatable bonds is 7. The van der Waals surface area contributed by atoms with E-state index in [1.54, 1.807) is 6.26 Å². The second-order valence-electron chi connectivity index (χ2n) is 4.28. The van der Waals surface area contributed by atoms with Crippen LogP contribution in [0.3, 0.4) is 0 Å². The molecule has 2 rings (SSSR count). The van der Waals surface area contributed by atoms with Crippen molar-refractivity contribution < 1.29 is 4.42 Å². The highest BCUT2D eigenvalue weighted by molar-refractivity contribution is 7.09. The van der Waals surface area contributed by atoms with E-state index in [-0.39, 0.29) is 0 Å². The van der Waals surface area contributed by atoms with Crippen LogP contribution in [-0.2, 0) is 19.6 Å². The highest BCUT2D eigenvalue weighted by Crippen LogP contribution is 2.17. The maximum atomic E-state index is 5.50. The molecular formula is C14H20N2OS. The molecule has 0 unspecified atom stereocenters. The van der Waals surface area contributed by atoms with Crippen LogP contribution in [0.4, 0.5) is 0 Å². The number of thiophene rings is 1. The van der Waals surface area contributed by atoms with Crippen molar-refractivity contribution in [1.82, 2.24) is 10.2 Å². The summed E-state index contributed by atoms with van der Waals surface area (Å²) in [5, 5.41) is 5.27. The first-order valence-corrected chi connectivity index (χ1v) is 7.16. The van der Waals surface area contributed by atoms with E-state index in [4.69, 9.17) is 4.42 Å². The molecule has 98 valence electrons. The number of nitrogens with zero attached hydrogens (tertiary/aromatic N) is 1. The van der Waals surface area contributed by atoms with Crippen molar-refractivity contribution in [3.8, 4) is 0 Å². The third-order valence-corrected chi connectivity index (χ3v) is 3.84. The zero-order valence-electron chi connectivity index (χ0n) is 11.0. The summed E-state index contributed by atoms with van der Waals surface area (Å²) in [6.45, 7) is 5.99. The quantitative estimate of drug-likeness (QED) is 0.833. The van der Waals surface area contributed by atoms with Gasteiger partial charge in [0, 0.05) is 23.5 Å². The van der Waals surface area contributed by atoms with E-state index in [9.17, 15) is 0 Å². The molecule has 1 N–H and O–H groups in total. The molecule has 2 aromatic heterocycles. The lowest BCUT2D eigenvalue weighted by molar-refractivity contribution is 0.271. The lowest BCUT2D eigenvalue weighted by atomic mass is 10.2. The van der Waals surface area contributed by atoms with Crippen LogP contribution in [-0.4, -0.2) is 18.5 Å². The molecule has 0 bridgehead atoms. The summed E-state index contributed by atoms with van der Waals surface area (Å²) >= 11 is 1.82. The molecular weight excluding hydrogens is 244 g/mol. The Morgan fingerprint density at radius 1 is 1.33 bits per heavy atom. The molecule has 0 saturated heterocycles. The molecule has 0 aliphatic rings. The zero-order chi connectivity index (χ0) is 12.8. The van der Waals surface area contributed by atoms with E-state index in [1.807, 2.05) is 18.4 Å². The van der Waals surface area contributed by atoms with Crippen LogP contribution < -0.4 is 5.32 Å². The Balaban J connectivity index is 1.99. The summed E-state index contributed by atoms with van der Waals surface area (Å²) in [7, 11) is 1.94. The topological polar surface area (TPSA) is 28.4 Å². The molecule has 0 saturated carbocycles. The summed E-state index contributed by atoms with van der Waals surface area (Å²) in [5.74, 6) is 1.04. The zero-order valence-corrected chi connectivity index (χ0v) is 11.8. The van der Waals surface area contributed by atoms with Crippen molar-refractivity contribution in [3.05, 3.63) is 46.0 Å². The van der Waals surface area contributed by atoms with Crippen molar-refractivity contribution in [2.45, 2.75) is 26.6 Å². The van der Waals surface area contributed by atoms with Gasteiger partial charge in [-0.25, -0.2) is 0 Å². The van der Waals surface area contributed by atoms with Crippen molar-refractivity contribution in [3.63, 3.8) is 0 Å². The lowest BCUT2D eigenvalue weighted by Crippen LogP contribution is -2.22. The smallest absolute Gasteiger partial charge is 0.122 e. The second kappa shape index (κ2) is 6.73. The third-order valence-electron chi connectivity index (χ3n) is 2.98. The number of hydrogen-bond acceptors (Lipinski definition) is 4. The number of furan rings is 1. The summed E-state index contributed by atoms with van der Waals surface area (Å²) in [5.41, 5.74) is 1.28. The fraction of sp³-hybridized carbons (Fsp3) is 0.429. The Bertz CT molecular complexity index is 450. The molecule has 0 atom stereocenters. The molecule has 3 nitrogen and oxygen atoms in total. The third kappa shape index (κ3) is 3.45. The first kappa shape index (κ1) is 13.3. The second-order valence-corrected chi connectivity index (χ2v) is 5.31. The standard InChI is InChI=1S/C14H20N2OS/c1-3-16(11-13-5-4-8-18-13)10-12-6-7-17-14(12)9-15-2/h4-8,15H,3,9-11H2,1-2H3. The molecule has 0 aliphatic carbocycles. The van der Waals surface area contributed by atoms with E-state index in [1.165, 1.54) is 10.4 Å². The van der Waals surface area contributed by atoms with Crippen LogP contribution in [0.1, 0.15) is 23.1 Å². The van der Waals surface area contributed by atoms with Gasteiger partial charge in [-0.2, -0.15) is 0 Å². The van der Waals surface area contributed by atoms with Gasteiger partial charge in [-0.3, -0.25) is 4.90 Å². The minimum atomic E-state index is 0.791.